The molecule has 0 spiro atoms. The summed E-state index contributed by atoms with van der Waals surface area (Å²) >= 11 is 0. The number of nitrogens with zero attached hydrogens (tertiary/aromatic N) is 3. The van der Waals surface area contributed by atoms with Crippen LogP contribution in [-0.2, 0) is 9.53 Å². The van der Waals surface area contributed by atoms with Gasteiger partial charge in [0.25, 0.3) is 0 Å². The molecule has 0 aliphatic carbocycles. The number of ether oxygens (including phenoxy) is 1. The van der Waals surface area contributed by atoms with Crippen molar-refractivity contribution in [2.75, 3.05) is 26.2 Å². The van der Waals surface area contributed by atoms with Gasteiger partial charge in [-0.2, -0.15) is 5.26 Å². The van der Waals surface area contributed by atoms with Crippen LogP contribution in [0.2, 0.25) is 0 Å². The highest BCUT2D eigenvalue weighted by Crippen LogP contribution is 2.12. The van der Waals surface area contributed by atoms with E-state index in [9.17, 15) is 9.59 Å². The maximum atomic E-state index is 11.8. The first-order valence-electron chi connectivity index (χ1n) is 5.96. The molecule has 1 heterocycles. The van der Waals surface area contributed by atoms with Gasteiger partial charge in [0, 0.05) is 26.2 Å². The molecule has 0 atom stereocenters. The molecule has 1 saturated heterocycles. The van der Waals surface area contributed by atoms with Crippen molar-refractivity contribution in [2.24, 2.45) is 0 Å². The van der Waals surface area contributed by atoms with E-state index in [2.05, 4.69) is 0 Å². The van der Waals surface area contributed by atoms with Crippen LogP contribution in [0.5, 0.6) is 0 Å². The zero-order chi connectivity index (χ0) is 13.8. The first-order valence-corrected chi connectivity index (χ1v) is 5.96. The van der Waals surface area contributed by atoms with E-state index < -0.39 is 5.60 Å². The number of nitriles is 1. The quantitative estimate of drug-likeness (QED) is 0.698. The van der Waals surface area contributed by atoms with Crippen molar-refractivity contribution in [3.8, 4) is 6.07 Å². The molecule has 0 radical (unpaired) electrons. The van der Waals surface area contributed by atoms with Gasteiger partial charge in [0.15, 0.2) is 0 Å². The second-order valence-electron chi connectivity index (χ2n) is 5.18. The van der Waals surface area contributed by atoms with Crippen molar-refractivity contribution in [2.45, 2.75) is 32.8 Å². The summed E-state index contributed by atoms with van der Waals surface area (Å²) in [7, 11) is 0. The fraction of sp³-hybridized carbons (Fsp3) is 0.750. The van der Waals surface area contributed by atoms with Crippen LogP contribution in [0.4, 0.5) is 4.79 Å². The number of amides is 2. The third-order valence-electron chi connectivity index (χ3n) is 2.51. The molecular formula is C12H19N3O3. The lowest BCUT2D eigenvalue weighted by Crippen LogP contribution is -2.51. The van der Waals surface area contributed by atoms with Gasteiger partial charge in [0.2, 0.25) is 5.91 Å². The molecule has 1 aliphatic heterocycles. The SMILES string of the molecule is CC(C)(C)OC(=O)N1CCN(C(=O)CC#N)CC1. The Morgan fingerprint density at radius 2 is 1.67 bits per heavy atom. The summed E-state index contributed by atoms with van der Waals surface area (Å²) in [6, 6.07) is 1.83. The van der Waals surface area contributed by atoms with Crippen LogP contribution >= 0.6 is 0 Å². The molecule has 0 unspecified atom stereocenters. The smallest absolute Gasteiger partial charge is 0.410 e. The average molecular weight is 253 g/mol. The molecule has 6 heteroatoms. The topological polar surface area (TPSA) is 73.6 Å². The van der Waals surface area contributed by atoms with Crippen molar-refractivity contribution < 1.29 is 14.3 Å². The number of rotatable bonds is 1. The van der Waals surface area contributed by atoms with Gasteiger partial charge in [0.05, 0.1) is 6.07 Å². The van der Waals surface area contributed by atoms with Crippen molar-refractivity contribution >= 4 is 12.0 Å². The van der Waals surface area contributed by atoms with Gasteiger partial charge in [-0.15, -0.1) is 0 Å². The van der Waals surface area contributed by atoms with Crippen molar-refractivity contribution in [3.05, 3.63) is 0 Å². The first kappa shape index (κ1) is 14.3. The molecule has 6 nitrogen and oxygen atoms in total. The lowest BCUT2D eigenvalue weighted by Gasteiger charge is -2.35. The van der Waals surface area contributed by atoms with Crippen LogP contribution in [0, 0.1) is 11.3 Å². The van der Waals surface area contributed by atoms with Crippen LogP contribution in [0.3, 0.4) is 0 Å². The van der Waals surface area contributed by atoms with Crippen molar-refractivity contribution in [3.63, 3.8) is 0 Å². The van der Waals surface area contributed by atoms with Crippen molar-refractivity contribution in [1.29, 1.82) is 5.26 Å². The molecule has 1 fully saturated rings. The van der Waals surface area contributed by atoms with E-state index in [0.717, 1.165) is 0 Å². The van der Waals surface area contributed by atoms with E-state index in [4.69, 9.17) is 10.00 Å². The highest BCUT2D eigenvalue weighted by Gasteiger charge is 2.27. The largest absolute Gasteiger partial charge is 0.444 e. The van der Waals surface area contributed by atoms with E-state index in [-0.39, 0.29) is 18.4 Å². The zero-order valence-electron chi connectivity index (χ0n) is 11.1. The third-order valence-corrected chi connectivity index (χ3v) is 2.51. The number of hydrogen-bond acceptors (Lipinski definition) is 4. The Morgan fingerprint density at radius 3 is 2.11 bits per heavy atom. The summed E-state index contributed by atoms with van der Waals surface area (Å²) in [6.45, 7) is 7.27. The predicted octanol–water partition coefficient (Wildman–Crippen LogP) is 0.979. The molecule has 1 rings (SSSR count). The minimum absolute atomic E-state index is 0.105. The third kappa shape index (κ3) is 4.24. The maximum Gasteiger partial charge on any atom is 0.410 e. The molecular weight excluding hydrogens is 234 g/mol. The van der Waals surface area contributed by atoms with Gasteiger partial charge in [-0.05, 0) is 20.8 Å². The molecule has 0 aromatic carbocycles. The Balaban J connectivity index is 2.42. The fourth-order valence-electron chi connectivity index (χ4n) is 1.64. The summed E-state index contributed by atoms with van der Waals surface area (Å²) in [5.41, 5.74) is -0.509. The maximum absolute atomic E-state index is 11.8. The van der Waals surface area contributed by atoms with Crippen LogP contribution in [0.25, 0.3) is 0 Å². The Morgan fingerprint density at radius 1 is 1.17 bits per heavy atom. The molecule has 0 N–H and O–H groups in total. The van der Waals surface area contributed by atoms with E-state index >= 15 is 0 Å². The predicted molar refractivity (Wildman–Crippen MR) is 64.6 cm³/mol. The van der Waals surface area contributed by atoms with Gasteiger partial charge in [-0.25, -0.2) is 4.79 Å². The van der Waals surface area contributed by atoms with E-state index in [0.29, 0.717) is 26.2 Å². The van der Waals surface area contributed by atoms with Gasteiger partial charge in [-0.3, -0.25) is 4.79 Å². The summed E-state index contributed by atoms with van der Waals surface area (Å²) in [5.74, 6) is -0.179. The number of carbonyl (C=O) groups is 2. The van der Waals surface area contributed by atoms with Crippen LogP contribution in [0.1, 0.15) is 27.2 Å². The molecule has 0 saturated carbocycles. The van der Waals surface area contributed by atoms with Crippen LogP contribution < -0.4 is 0 Å². The second kappa shape index (κ2) is 5.71. The second-order valence-corrected chi connectivity index (χ2v) is 5.18. The molecule has 0 aromatic heterocycles. The highest BCUT2D eigenvalue weighted by molar-refractivity contribution is 5.78. The Bertz CT molecular complexity index is 360. The van der Waals surface area contributed by atoms with Gasteiger partial charge in [0.1, 0.15) is 12.0 Å². The van der Waals surface area contributed by atoms with Crippen LogP contribution in [-0.4, -0.2) is 53.6 Å². The average Bonchev–Trinajstić information content (AvgIpc) is 2.27. The molecule has 2 amide bonds. The molecule has 100 valence electrons. The molecule has 1 aliphatic rings. The van der Waals surface area contributed by atoms with Gasteiger partial charge in [-0.1, -0.05) is 0 Å². The number of hydrogen-bond donors (Lipinski definition) is 0. The Kier molecular flexibility index (Phi) is 4.54. The first-order chi connectivity index (χ1) is 8.33. The number of piperazine rings is 1. The molecule has 18 heavy (non-hydrogen) atoms. The highest BCUT2D eigenvalue weighted by atomic mass is 16.6. The van der Waals surface area contributed by atoms with Crippen molar-refractivity contribution in [1.82, 2.24) is 9.80 Å². The standard InChI is InChI=1S/C12H19N3O3/c1-12(2,3)18-11(17)15-8-6-14(7-9-15)10(16)4-5-13/h4,6-9H2,1-3H3. The summed E-state index contributed by atoms with van der Waals surface area (Å²) in [6.07, 6.45) is -0.457. The zero-order valence-corrected chi connectivity index (χ0v) is 11.1. The minimum Gasteiger partial charge on any atom is -0.444 e. The summed E-state index contributed by atoms with van der Waals surface area (Å²) in [4.78, 5) is 26.4. The van der Waals surface area contributed by atoms with Gasteiger partial charge >= 0.3 is 6.09 Å². The lowest BCUT2D eigenvalue weighted by molar-refractivity contribution is -0.131. The Labute approximate surface area is 107 Å². The normalized spacial score (nSPS) is 16.1. The minimum atomic E-state index is -0.509. The van der Waals surface area contributed by atoms with Gasteiger partial charge < -0.3 is 14.5 Å². The van der Waals surface area contributed by atoms with E-state index in [1.807, 2.05) is 26.8 Å². The fourth-order valence-corrected chi connectivity index (χ4v) is 1.64. The van der Waals surface area contributed by atoms with E-state index in [1.54, 1.807) is 9.80 Å². The molecule has 0 bridgehead atoms. The monoisotopic (exact) mass is 253 g/mol. The summed E-state index contributed by atoms with van der Waals surface area (Å²) < 4.78 is 5.25. The van der Waals surface area contributed by atoms with Crippen LogP contribution in [0.15, 0.2) is 0 Å². The number of carbonyl (C=O) groups excluding carboxylic acids is 2. The Hall–Kier alpha value is -1.77. The van der Waals surface area contributed by atoms with E-state index in [1.165, 1.54) is 0 Å². The molecule has 0 aromatic rings. The lowest BCUT2D eigenvalue weighted by atomic mass is 10.2. The summed E-state index contributed by atoms with van der Waals surface area (Å²) in [5, 5.41) is 8.45.